The van der Waals surface area contributed by atoms with Gasteiger partial charge in [-0.2, -0.15) is 5.26 Å². The van der Waals surface area contributed by atoms with Crippen LogP contribution in [-0.4, -0.2) is 29.4 Å². The summed E-state index contributed by atoms with van der Waals surface area (Å²) in [5, 5.41) is 24.8. The van der Waals surface area contributed by atoms with Crippen molar-refractivity contribution in [3.05, 3.63) is 59.7 Å². The fraction of sp³-hybridized carbons (Fsp3) is 0.333. The number of anilines is 1. The molecule has 0 bridgehead atoms. The van der Waals surface area contributed by atoms with E-state index in [1.807, 2.05) is 37.3 Å². The molecule has 2 aromatic rings. The van der Waals surface area contributed by atoms with Crippen molar-refractivity contribution in [3.8, 4) is 11.8 Å². The first-order chi connectivity index (χ1) is 13.4. The summed E-state index contributed by atoms with van der Waals surface area (Å²) in [7, 11) is 0. The Morgan fingerprint density at radius 1 is 1.29 bits per heavy atom. The van der Waals surface area contributed by atoms with Gasteiger partial charge in [-0.3, -0.25) is 5.01 Å². The van der Waals surface area contributed by atoms with Gasteiger partial charge in [0.05, 0.1) is 17.3 Å². The molecular weight excluding hydrogens is 356 g/mol. The summed E-state index contributed by atoms with van der Waals surface area (Å²) in [4.78, 5) is 12.3. The first-order valence-corrected chi connectivity index (χ1v) is 9.17. The lowest BCUT2D eigenvalue weighted by Gasteiger charge is -2.46. The van der Waals surface area contributed by atoms with Gasteiger partial charge in [-0.15, -0.1) is 0 Å². The number of nitriles is 1. The third kappa shape index (κ3) is 3.73. The number of ether oxygens (including phenoxy) is 1. The number of nitrogens with zero attached hydrogens (tertiary/aromatic N) is 2. The number of aliphatic hydroxyl groups excluding tert-OH is 1. The molecule has 2 atom stereocenters. The van der Waals surface area contributed by atoms with Crippen LogP contribution < -0.4 is 20.5 Å². The molecule has 0 spiro atoms. The number of hydrogen-bond acceptors (Lipinski definition) is 5. The van der Waals surface area contributed by atoms with Gasteiger partial charge < -0.3 is 15.2 Å². The number of urea groups is 1. The SMILES string of the molecule is CCNC(=O)NN(c1ccccc1)C1c2cc(C#N)ccc2OC(C)(C)C1O. The zero-order chi connectivity index (χ0) is 20.3. The number of fused-ring (bicyclic) bond motifs is 1. The van der Waals surface area contributed by atoms with Crippen LogP contribution in [0.25, 0.3) is 0 Å². The second-order valence-electron chi connectivity index (χ2n) is 7.14. The first kappa shape index (κ1) is 19.5. The average molecular weight is 380 g/mol. The summed E-state index contributed by atoms with van der Waals surface area (Å²) in [5.41, 5.74) is 3.71. The van der Waals surface area contributed by atoms with E-state index < -0.39 is 17.7 Å². The highest BCUT2D eigenvalue weighted by molar-refractivity contribution is 5.76. The smallest absolute Gasteiger partial charge is 0.333 e. The standard InChI is InChI=1S/C21H24N4O3/c1-4-23-20(27)24-25(15-8-6-5-7-9-15)18-16-12-14(13-22)10-11-17(16)28-21(2,3)19(18)26/h5-12,18-19,26H,4H2,1-3H3,(H2,23,24,27). The molecule has 1 aliphatic heterocycles. The number of nitrogens with one attached hydrogen (secondary N) is 2. The molecule has 7 nitrogen and oxygen atoms in total. The van der Waals surface area contributed by atoms with Crippen LogP contribution in [0, 0.1) is 11.3 Å². The Hall–Kier alpha value is -3.24. The summed E-state index contributed by atoms with van der Waals surface area (Å²) in [6.07, 6.45) is -0.976. The second kappa shape index (κ2) is 7.79. The zero-order valence-corrected chi connectivity index (χ0v) is 16.1. The maximum atomic E-state index is 12.3. The molecule has 0 aromatic heterocycles. The van der Waals surface area contributed by atoms with Crippen molar-refractivity contribution in [2.24, 2.45) is 0 Å². The first-order valence-electron chi connectivity index (χ1n) is 9.17. The molecule has 7 heteroatoms. The topological polar surface area (TPSA) is 97.6 Å². The lowest BCUT2D eigenvalue weighted by atomic mass is 9.85. The van der Waals surface area contributed by atoms with Gasteiger partial charge in [0.25, 0.3) is 0 Å². The summed E-state index contributed by atoms with van der Waals surface area (Å²) in [6.45, 7) is 5.88. The molecule has 0 aliphatic carbocycles. The van der Waals surface area contributed by atoms with E-state index in [0.29, 0.717) is 29.1 Å². The molecule has 0 radical (unpaired) electrons. The van der Waals surface area contributed by atoms with E-state index in [-0.39, 0.29) is 6.03 Å². The Balaban J connectivity index is 2.14. The van der Waals surface area contributed by atoms with Gasteiger partial charge in [0.1, 0.15) is 23.5 Å². The quantitative estimate of drug-likeness (QED) is 0.709. The van der Waals surface area contributed by atoms with Gasteiger partial charge in [-0.25, -0.2) is 10.2 Å². The number of hydrazine groups is 1. The van der Waals surface area contributed by atoms with Crippen molar-refractivity contribution in [1.82, 2.24) is 10.7 Å². The van der Waals surface area contributed by atoms with Crippen LogP contribution in [0.15, 0.2) is 48.5 Å². The molecule has 0 saturated heterocycles. The number of carbonyl (C=O) groups excluding carboxylic acids is 1. The Bertz CT molecular complexity index is 892. The monoisotopic (exact) mass is 380 g/mol. The molecular formula is C21H24N4O3. The van der Waals surface area contributed by atoms with Crippen molar-refractivity contribution in [1.29, 1.82) is 5.26 Å². The number of rotatable bonds is 4. The molecule has 1 heterocycles. The molecule has 3 rings (SSSR count). The highest BCUT2D eigenvalue weighted by Crippen LogP contribution is 2.44. The van der Waals surface area contributed by atoms with Gasteiger partial charge in [0.2, 0.25) is 0 Å². The molecule has 2 aromatic carbocycles. The largest absolute Gasteiger partial charge is 0.485 e. The van der Waals surface area contributed by atoms with Crippen LogP contribution in [0.4, 0.5) is 10.5 Å². The third-order valence-electron chi connectivity index (χ3n) is 4.71. The molecule has 0 saturated carbocycles. The van der Waals surface area contributed by atoms with Crippen molar-refractivity contribution in [3.63, 3.8) is 0 Å². The zero-order valence-electron chi connectivity index (χ0n) is 16.1. The van der Waals surface area contributed by atoms with Crippen LogP contribution in [0.2, 0.25) is 0 Å². The van der Waals surface area contributed by atoms with Gasteiger partial charge in [0, 0.05) is 12.1 Å². The highest BCUT2D eigenvalue weighted by Gasteiger charge is 2.46. The normalized spacial score (nSPS) is 19.5. The molecule has 2 amide bonds. The summed E-state index contributed by atoms with van der Waals surface area (Å²) >= 11 is 0. The van der Waals surface area contributed by atoms with E-state index >= 15 is 0 Å². The molecule has 146 valence electrons. The number of amides is 2. The van der Waals surface area contributed by atoms with E-state index in [2.05, 4.69) is 16.8 Å². The maximum Gasteiger partial charge on any atom is 0.333 e. The fourth-order valence-electron chi connectivity index (χ4n) is 3.31. The van der Waals surface area contributed by atoms with Crippen LogP contribution in [0.1, 0.15) is 37.9 Å². The minimum Gasteiger partial charge on any atom is -0.485 e. The Labute approximate surface area is 164 Å². The van der Waals surface area contributed by atoms with Crippen molar-refractivity contribution in [2.75, 3.05) is 11.6 Å². The molecule has 28 heavy (non-hydrogen) atoms. The lowest BCUT2D eigenvalue weighted by molar-refractivity contribution is -0.0598. The summed E-state index contributed by atoms with van der Waals surface area (Å²) in [5.74, 6) is 0.568. The predicted molar refractivity (Wildman–Crippen MR) is 106 cm³/mol. The van der Waals surface area contributed by atoms with E-state index in [1.165, 1.54) is 0 Å². The Morgan fingerprint density at radius 2 is 2.00 bits per heavy atom. The second-order valence-corrected chi connectivity index (χ2v) is 7.14. The van der Waals surface area contributed by atoms with Gasteiger partial charge >= 0.3 is 6.03 Å². The third-order valence-corrected chi connectivity index (χ3v) is 4.71. The number of carbonyl (C=O) groups is 1. The van der Waals surface area contributed by atoms with E-state index in [0.717, 1.165) is 0 Å². The molecule has 1 aliphatic rings. The van der Waals surface area contributed by atoms with Crippen LogP contribution in [0.5, 0.6) is 5.75 Å². The molecule has 2 unspecified atom stereocenters. The number of hydrogen-bond donors (Lipinski definition) is 3. The van der Waals surface area contributed by atoms with E-state index in [1.54, 1.807) is 37.1 Å². The van der Waals surface area contributed by atoms with Crippen LogP contribution >= 0.6 is 0 Å². The average Bonchev–Trinajstić information content (AvgIpc) is 2.68. The minimum absolute atomic E-state index is 0.388. The summed E-state index contributed by atoms with van der Waals surface area (Å²) < 4.78 is 5.99. The van der Waals surface area contributed by atoms with Crippen LogP contribution in [0.3, 0.4) is 0 Å². The van der Waals surface area contributed by atoms with Crippen molar-refractivity contribution >= 4 is 11.7 Å². The molecule has 3 N–H and O–H groups in total. The Morgan fingerprint density at radius 3 is 2.64 bits per heavy atom. The number of para-hydroxylation sites is 1. The maximum absolute atomic E-state index is 12.3. The van der Waals surface area contributed by atoms with Gasteiger partial charge in [-0.05, 0) is 51.1 Å². The predicted octanol–water partition coefficient (Wildman–Crippen LogP) is 2.87. The lowest BCUT2D eigenvalue weighted by Crippen LogP contribution is -2.58. The Kier molecular flexibility index (Phi) is 5.43. The van der Waals surface area contributed by atoms with Gasteiger partial charge in [0.15, 0.2) is 0 Å². The van der Waals surface area contributed by atoms with E-state index in [4.69, 9.17) is 4.74 Å². The highest BCUT2D eigenvalue weighted by atomic mass is 16.5. The fourth-order valence-corrected chi connectivity index (χ4v) is 3.31. The molecule has 0 fully saturated rings. The van der Waals surface area contributed by atoms with Crippen LogP contribution in [-0.2, 0) is 0 Å². The van der Waals surface area contributed by atoms with E-state index in [9.17, 15) is 15.2 Å². The van der Waals surface area contributed by atoms with Crippen molar-refractivity contribution < 1.29 is 14.6 Å². The van der Waals surface area contributed by atoms with Crippen molar-refractivity contribution in [2.45, 2.75) is 38.5 Å². The number of aliphatic hydroxyl groups is 1. The summed E-state index contributed by atoms with van der Waals surface area (Å²) in [6, 6.07) is 15.4. The number of benzene rings is 2. The minimum atomic E-state index is -0.976. The van der Waals surface area contributed by atoms with Gasteiger partial charge in [-0.1, -0.05) is 18.2 Å².